The summed E-state index contributed by atoms with van der Waals surface area (Å²) in [6, 6.07) is 5.80. The molecule has 70 valence electrons. The van der Waals surface area contributed by atoms with E-state index in [0.717, 1.165) is 17.8 Å². The zero-order valence-electron chi connectivity index (χ0n) is 8.76. The molecule has 0 unspecified atom stereocenters. The number of aromatic nitrogens is 1. The summed E-state index contributed by atoms with van der Waals surface area (Å²) in [5.74, 6) is 0. The lowest BCUT2D eigenvalue weighted by atomic mass is 10.2. The average molecular weight is 176 g/mol. The molecule has 0 aliphatic heterocycles. The third-order valence-corrected chi connectivity index (χ3v) is 1.63. The van der Waals surface area contributed by atoms with Gasteiger partial charge in [0, 0.05) is 5.69 Å². The summed E-state index contributed by atoms with van der Waals surface area (Å²) in [7, 11) is 0. The standard InChI is InChI=1S/C9H10N2.C2H6/c1-3-9-5-4-8(6-10)7(2)11-9;1-2/h4-5H,3H2,1-2H3;1-2H3. The van der Waals surface area contributed by atoms with Gasteiger partial charge in [-0.05, 0) is 25.5 Å². The molecular weight excluding hydrogens is 160 g/mol. The smallest absolute Gasteiger partial charge is 0.101 e. The summed E-state index contributed by atoms with van der Waals surface area (Å²) in [6.07, 6.45) is 0.923. The highest BCUT2D eigenvalue weighted by molar-refractivity contribution is 5.33. The third-order valence-electron chi connectivity index (χ3n) is 1.63. The number of hydrogen-bond donors (Lipinski definition) is 0. The summed E-state index contributed by atoms with van der Waals surface area (Å²) in [5.41, 5.74) is 2.54. The van der Waals surface area contributed by atoms with Crippen LogP contribution in [-0.2, 0) is 6.42 Å². The van der Waals surface area contributed by atoms with Gasteiger partial charge in [-0.2, -0.15) is 5.26 Å². The Kier molecular flexibility index (Phi) is 5.54. The van der Waals surface area contributed by atoms with Gasteiger partial charge in [0.2, 0.25) is 0 Å². The minimum Gasteiger partial charge on any atom is -0.257 e. The summed E-state index contributed by atoms with van der Waals surface area (Å²) >= 11 is 0. The first kappa shape index (κ1) is 11.6. The van der Waals surface area contributed by atoms with Crippen LogP contribution >= 0.6 is 0 Å². The molecule has 0 saturated heterocycles. The van der Waals surface area contributed by atoms with E-state index in [1.807, 2.05) is 39.8 Å². The van der Waals surface area contributed by atoms with Crippen LogP contribution in [0.4, 0.5) is 0 Å². The number of aryl methyl sites for hydroxylation is 2. The first-order valence-electron chi connectivity index (χ1n) is 4.64. The lowest BCUT2D eigenvalue weighted by Gasteiger charge is -1.98. The minimum absolute atomic E-state index is 0.669. The highest BCUT2D eigenvalue weighted by Gasteiger charge is 1.97. The van der Waals surface area contributed by atoms with Gasteiger partial charge in [-0.25, -0.2) is 0 Å². The fraction of sp³-hybridized carbons (Fsp3) is 0.455. The van der Waals surface area contributed by atoms with Crippen molar-refractivity contribution in [2.75, 3.05) is 0 Å². The van der Waals surface area contributed by atoms with Crippen molar-refractivity contribution in [3.63, 3.8) is 0 Å². The fourth-order valence-corrected chi connectivity index (χ4v) is 0.928. The molecule has 2 nitrogen and oxygen atoms in total. The molecule has 1 aromatic heterocycles. The van der Waals surface area contributed by atoms with Crippen molar-refractivity contribution in [3.05, 3.63) is 29.1 Å². The van der Waals surface area contributed by atoms with Gasteiger partial charge in [0.15, 0.2) is 0 Å². The van der Waals surface area contributed by atoms with Crippen molar-refractivity contribution in [1.82, 2.24) is 4.98 Å². The molecule has 1 rings (SSSR count). The Morgan fingerprint density at radius 2 is 2.00 bits per heavy atom. The molecule has 0 radical (unpaired) electrons. The normalized spacial score (nSPS) is 8.23. The molecule has 1 heterocycles. The Morgan fingerprint density at radius 3 is 2.38 bits per heavy atom. The Morgan fingerprint density at radius 1 is 1.38 bits per heavy atom. The zero-order chi connectivity index (χ0) is 10.3. The fourth-order valence-electron chi connectivity index (χ4n) is 0.928. The molecule has 2 heteroatoms. The van der Waals surface area contributed by atoms with E-state index in [1.165, 1.54) is 0 Å². The molecule has 0 aliphatic carbocycles. The molecule has 0 bridgehead atoms. The van der Waals surface area contributed by atoms with E-state index in [4.69, 9.17) is 5.26 Å². The highest BCUT2D eigenvalue weighted by atomic mass is 14.7. The van der Waals surface area contributed by atoms with E-state index in [2.05, 4.69) is 11.1 Å². The molecular formula is C11H16N2. The Balaban J connectivity index is 0.000000671. The van der Waals surface area contributed by atoms with Crippen molar-refractivity contribution >= 4 is 0 Å². The van der Waals surface area contributed by atoms with Crippen LogP contribution in [0.3, 0.4) is 0 Å². The van der Waals surface area contributed by atoms with Crippen LogP contribution < -0.4 is 0 Å². The maximum Gasteiger partial charge on any atom is 0.101 e. The molecule has 0 N–H and O–H groups in total. The van der Waals surface area contributed by atoms with Gasteiger partial charge in [0.05, 0.1) is 11.3 Å². The Hall–Kier alpha value is -1.36. The van der Waals surface area contributed by atoms with E-state index in [1.54, 1.807) is 0 Å². The summed E-state index contributed by atoms with van der Waals surface area (Å²) in [4.78, 5) is 4.24. The van der Waals surface area contributed by atoms with E-state index in [0.29, 0.717) is 5.56 Å². The molecule has 1 aromatic rings. The maximum atomic E-state index is 8.59. The summed E-state index contributed by atoms with van der Waals surface area (Å²) in [6.45, 7) is 7.91. The van der Waals surface area contributed by atoms with Crippen LogP contribution in [0.25, 0.3) is 0 Å². The van der Waals surface area contributed by atoms with Crippen LogP contribution in [0, 0.1) is 18.3 Å². The molecule has 13 heavy (non-hydrogen) atoms. The van der Waals surface area contributed by atoms with Crippen molar-refractivity contribution in [3.8, 4) is 6.07 Å². The number of hydrogen-bond acceptors (Lipinski definition) is 2. The molecule has 0 aliphatic rings. The van der Waals surface area contributed by atoms with Gasteiger partial charge in [-0.1, -0.05) is 20.8 Å². The monoisotopic (exact) mass is 176 g/mol. The molecule has 0 atom stereocenters. The predicted molar refractivity (Wildman–Crippen MR) is 54.4 cm³/mol. The van der Waals surface area contributed by atoms with Crippen molar-refractivity contribution < 1.29 is 0 Å². The third kappa shape index (κ3) is 3.25. The number of nitriles is 1. The second kappa shape index (κ2) is 6.19. The Bertz CT molecular complexity index is 297. The second-order valence-electron chi connectivity index (χ2n) is 2.40. The van der Waals surface area contributed by atoms with E-state index in [-0.39, 0.29) is 0 Å². The summed E-state index contributed by atoms with van der Waals surface area (Å²) in [5, 5.41) is 8.59. The predicted octanol–water partition coefficient (Wildman–Crippen LogP) is 2.85. The molecule has 0 aromatic carbocycles. The average Bonchev–Trinajstić information content (AvgIpc) is 2.20. The molecule has 0 amide bonds. The van der Waals surface area contributed by atoms with Crippen LogP contribution in [0.2, 0.25) is 0 Å². The zero-order valence-corrected chi connectivity index (χ0v) is 8.76. The molecule has 0 spiro atoms. The maximum absolute atomic E-state index is 8.59. The minimum atomic E-state index is 0.669. The Labute approximate surface area is 80.2 Å². The quantitative estimate of drug-likeness (QED) is 0.659. The molecule has 0 saturated carbocycles. The van der Waals surface area contributed by atoms with E-state index >= 15 is 0 Å². The topological polar surface area (TPSA) is 36.7 Å². The van der Waals surface area contributed by atoms with Gasteiger partial charge >= 0.3 is 0 Å². The van der Waals surface area contributed by atoms with Crippen LogP contribution in [0.1, 0.15) is 37.7 Å². The van der Waals surface area contributed by atoms with Gasteiger partial charge in [0.25, 0.3) is 0 Å². The second-order valence-corrected chi connectivity index (χ2v) is 2.40. The van der Waals surface area contributed by atoms with Crippen LogP contribution in [0.5, 0.6) is 0 Å². The molecule has 0 fully saturated rings. The van der Waals surface area contributed by atoms with Gasteiger partial charge in [0.1, 0.15) is 6.07 Å². The van der Waals surface area contributed by atoms with Crippen molar-refractivity contribution in [1.29, 1.82) is 5.26 Å². The number of rotatable bonds is 1. The number of nitrogens with zero attached hydrogens (tertiary/aromatic N) is 2. The lowest BCUT2D eigenvalue weighted by Crippen LogP contribution is -1.92. The van der Waals surface area contributed by atoms with Gasteiger partial charge in [-0.15, -0.1) is 0 Å². The van der Waals surface area contributed by atoms with Crippen molar-refractivity contribution in [2.24, 2.45) is 0 Å². The van der Waals surface area contributed by atoms with E-state index < -0.39 is 0 Å². The SMILES string of the molecule is CC.CCc1ccc(C#N)c(C)n1. The van der Waals surface area contributed by atoms with Crippen LogP contribution in [-0.4, -0.2) is 4.98 Å². The first-order valence-corrected chi connectivity index (χ1v) is 4.64. The van der Waals surface area contributed by atoms with Gasteiger partial charge < -0.3 is 0 Å². The van der Waals surface area contributed by atoms with Gasteiger partial charge in [-0.3, -0.25) is 4.98 Å². The van der Waals surface area contributed by atoms with E-state index in [9.17, 15) is 0 Å². The lowest BCUT2D eigenvalue weighted by molar-refractivity contribution is 1.00. The highest BCUT2D eigenvalue weighted by Crippen LogP contribution is 2.05. The number of pyridine rings is 1. The first-order chi connectivity index (χ1) is 6.27. The largest absolute Gasteiger partial charge is 0.257 e. The summed E-state index contributed by atoms with van der Waals surface area (Å²) < 4.78 is 0. The van der Waals surface area contributed by atoms with Crippen LogP contribution in [0.15, 0.2) is 12.1 Å². The van der Waals surface area contributed by atoms with Crippen molar-refractivity contribution in [2.45, 2.75) is 34.1 Å².